The molecule has 1 aromatic heterocycles. The third kappa shape index (κ3) is 2.36. The first-order valence-electron chi connectivity index (χ1n) is 5.88. The standard InChI is InChI=1S/C15H17NO2/c1-10-8-12(5-7-15(10)18-3)14-6-4-13(9-17)11(2)16-14/h4-8,17H,9H2,1-3H3. The summed E-state index contributed by atoms with van der Waals surface area (Å²) < 4.78 is 5.24. The Kier molecular flexibility index (Phi) is 3.63. The first kappa shape index (κ1) is 12.6. The van der Waals surface area contributed by atoms with Crippen LogP contribution in [-0.2, 0) is 6.61 Å². The molecular weight excluding hydrogens is 226 g/mol. The molecule has 18 heavy (non-hydrogen) atoms. The molecule has 0 amide bonds. The fourth-order valence-electron chi connectivity index (χ4n) is 1.96. The molecule has 3 nitrogen and oxygen atoms in total. The monoisotopic (exact) mass is 243 g/mol. The summed E-state index contributed by atoms with van der Waals surface area (Å²) in [6, 6.07) is 9.84. The molecular formula is C15H17NO2. The van der Waals surface area contributed by atoms with Crippen LogP contribution in [0.5, 0.6) is 5.75 Å². The maximum absolute atomic E-state index is 9.14. The van der Waals surface area contributed by atoms with Crippen molar-refractivity contribution >= 4 is 0 Å². The summed E-state index contributed by atoms with van der Waals surface area (Å²) in [5.41, 5.74) is 4.78. The molecule has 2 rings (SSSR count). The third-order valence-electron chi connectivity index (χ3n) is 3.06. The lowest BCUT2D eigenvalue weighted by molar-refractivity contribution is 0.280. The molecule has 0 saturated carbocycles. The zero-order chi connectivity index (χ0) is 13.1. The number of rotatable bonds is 3. The molecule has 0 radical (unpaired) electrons. The van der Waals surface area contributed by atoms with Gasteiger partial charge in [0, 0.05) is 11.3 Å². The Labute approximate surface area is 107 Å². The summed E-state index contributed by atoms with van der Waals surface area (Å²) in [7, 11) is 1.67. The van der Waals surface area contributed by atoms with Crippen LogP contribution < -0.4 is 4.74 Å². The van der Waals surface area contributed by atoms with Gasteiger partial charge in [-0.2, -0.15) is 0 Å². The molecule has 1 N–H and O–H groups in total. The van der Waals surface area contributed by atoms with Crippen LogP contribution in [-0.4, -0.2) is 17.2 Å². The van der Waals surface area contributed by atoms with Crippen LogP contribution in [0.4, 0.5) is 0 Å². The smallest absolute Gasteiger partial charge is 0.121 e. The fourth-order valence-corrected chi connectivity index (χ4v) is 1.96. The summed E-state index contributed by atoms with van der Waals surface area (Å²) in [6.45, 7) is 3.95. The van der Waals surface area contributed by atoms with Crippen LogP contribution in [0, 0.1) is 13.8 Å². The number of aryl methyl sites for hydroxylation is 2. The van der Waals surface area contributed by atoms with Crippen molar-refractivity contribution in [2.45, 2.75) is 20.5 Å². The molecule has 0 aliphatic rings. The maximum Gasteiger partial charge on any atom is 0.121 e. The molecule has 0 saturated heterocycles. The SMILES string of the molecule is COc1ccc(-c2ccc(CO)c(C)n2)cc1C. The van der Waals surface area contributed by atoms with Crippen LogP contribution in [0.2, 0.25) is 0 Å². The van der Waals surface area contributed by atoms with E-state index >= 15 is 0 Å². The quantitative estimate of drug-likeness (QED) is 0.901. The zero-order valence-corrected chi connectivity index (χ0v) is 10.9. The van der Waals surface area contributed by atoms with Crippen molar-refractivity contribution in [1.29, 1.82) is 0 Å². The Morgan fingerprint density at radius 1 is 1.17 bits per heavy atom. The van der Waals surface area contributed by atoms with E-state index in [9.17, 15) is 0 Å². The van der Waals surface area contributed by atoms with Gasteiger partial charge in [0.2, 0.25) is 0 Å². The Bertz CT molecular complexity index is 513. The minimum Gasteiger partial charge on any atom is -0.496 e. The number of hydrogen-bond acceptors (Lipinski definition) is 3. The summed E-state index contributed by atoms with van der Waals surface area (Å²) in [5, 5.41) is 9.14. The largest absolute Gasteiger partial charge is 0.496 e. The molecule has 1 heterocycles. The van der Waals surface area contributed by atoms with Gasteiger partial charge in [0.25, 0.3) is 0 Å². The number of aliphatic hydroxyl groups is 1. The van der Waals surface area contributed by atoms with Gasteiger partial charge in [-0.1, -0.05) is 6.07 Å². The van der Waals surface area contributed by atoms with E-state index in [2.05, 4.69) is 11.1 Å². The highest BCUT2D eigenvalue weighted by Crippen LogP contribution is 2.25. The summed E-state index contributed by atoms with van der Waals surface area (Å²) in [5.74, 6) is 0.877. The van der Waals surface area contributed by atoms with Crippen LogP contribution >= 0.6 is 0 Å². The lowest BCUT2D eigenvalue weighted by Gasteiger charge is -2.09. The van der Waals surface area contributed by atoms with Crippen molar-refractivity contribution in [3.8, 4) is 17.0 Å². The van der Waals surface area contributed by atoms with Crippen LogP contribution in [0.25, 0.3) is 11.3 Å². The van der Waals surface area contributed by atoms with Crippen molar-refractivity contribution in [3.05, 3.63) is 47.2 Å². The first-order valence-corrected chi connectivity index (χ1v) is 5.88. The number of aromatic nitrogens is 1. The van der Waals surface area contributed by atoms with E-state index in [0.717, 1.165) is 33.8 Å². The topological polar surface area (TPSA) is 42.4 Å². The summed E-state index contributed by atoms with van der Waals surface area (Å²) in [6.07, 6.45) is 0. The van der Waals surface area contributed by atoms with Gasteiger partial charge in [-0.15, -0.1) is 0 Å². The molecule has 0 fully saturated rings. The predicted molar refractivity (Wildman–Crippen MR) is 71.6 cm³/mol. The minimum absolute atomic E-state index is 0.0285. The van der Waals surface area contributed by atoms with Crippen LogP contribution in [0.15, 0.2) is 30.3 Å². The van der Waals surface area contributed by atoms with Gasteiger partial charge < -0.3 is 9.84 Å². The lowest BCUT2D eigenvalue weighted by atomic mass is 10.1. The second kappa shape index (κ2) is 5.19. The van der Waals surface area contributed by atoms with E-state index in [4.69, 9.17) is 9.84 Å². The average Bonchev–Trinajstić information content (AvgIpc) is 2.38. The van der Waals surface area contributed by atoms with Crippen molar-refractivity contribution in [2.24, 2.45) is 0 Å². The molecule has 1 aromatic carbocycles. The van der Waals surface area contributed by atoms with Gasteiger partial charge in [-0.3, -0.25) is 4.98 Å². The van der Waals surface area contributed by atoms with E-state index in [-0.39, 0.29) is 6.61 Å². The average molecular weight is 243 g/mol. The van der Waals surface area contributed by atoms with E-state index < -0.39 is 0 Å². The molecule has 0 bridgehead atoms. The Balaban J connectivity index is 2.42. The van der Waals surface area contributed by atoms with Crippen LogP contribution in [0.3, 0.4) is 0 Å². The van der Waals surface area contributed by atoms with Gasteiger partial charge >= 0.3 is 0 Å². The van der Waals surface area contributed by atoms with Crippen LogP contribution in [0.1, 0.15) is 16.8 Å². The highest BCUT2D eigenvalue weighted by molar-refractivity contribution is 5.62. The highest BCUT2D eigenvalue weighted by Gasteiger charge is 2.05. The molecule has 3 heteroatoms. The van der Waals surface area contributed by atoms with Crippen molar-refractivity contribution in [2.75, 3.05) is 7.11 Å². The number of aliphatic hydroxyl groups excluding tert-OH is 1. The summed E-state index contributed by atoms with van der Waals surface area (Å²) >= 11 is 0. The molecule has 2 aromatic rings. The Hall–Kier alpha value is -1.87. The zero-order valence-electron chi connectivity index (χ0n) is 10.9. The van der Waals surface area contributed by atoms with Gasteiger partial charge in [-0.05, 0) is 49.2 Å². The van der Waals surface area contributed by atoms with Gasteiger partial charge in [-0.25, -0.2) is 0 Å². The second-order valence-corrected chi connectivity index (χ2v) is 4.28. The Morgan fingerprint density at radius 2 is 1.94 bits per heavy atom. The maximum atomic E-state index is 9.14. The molecule has 0 unspecified atom stereocenters. The number of benzene rings is 1. The van der Waals surface area contributed by atoms with Crippen molar-refractivity contribution in [1.82, 2.24) is 4.98 Å². The Morgan fingerprint density at radius 3 is 2.50 bits per heavy atom. The fraction of sp³-hybridized carbons (Fsp3) is 0.267. The van der Waals surface area contributed by atoms with E-state index in [1.165, 1.54) is 0 Å². The van der Waals surface area contributed by atoms with Gasteiger partial charge in [0.1, 0.15) is 5.75 Å². The van der Waals surface area contributed by atoms with Gasteiger partial charge in [0.05, 0.1) is 19.4 Å². The van der Waals surface area contributed by atoms with E-state index in [1.54, 1.807) is 7.11 Å². The molecule has 0 atom stereocenters. The van der Waals surface area contributed by atoms with E-state index in [1.807, 2.05) is 38.1 Å². The number of methoxy groups -OCH3 is 1. The normalized spacial score (nSPS) is 10.4. The van der Waals surface area contributed by atoms with Gasteiger partial charge in [0.15, 0.2) is 0 Å². The number of hydrogen-bond donors (Lipinski definition) is 1. The lowest BCUT2D eigenvalue weighted by Crippen LogP contribution is -1.95. The number of pyridine rings is 1. The summed E-state index contributed by atoms with van der Waals surface area (Å²) in [4.78, 5) is 4.51. The molecule has 0 aliphatic heterocycles. The van der Waals surface area contributed by atoms with Crippen molar-refractivity contribution in [3.63, 3.8) is 0 Å². The van der Waals surface area contributed by atoms with E-state index in [0.29, 0.717) is 0 Å². The number of nitrogens with zero attached hydrogens (tertiary/aromatic N) is 1. The molecule has 0 spiro atoms. The predicted octanol–water partition coefficient (Wildman–Crippen LogP) is 2.87. The first-order chi connectivity index (χ1) is 8.65. The number of ether oxygens (including phenoxy) is 1. The third-order valence-corrected chi connectivity index (χ3v) is 3.06. The second-order valence-electron chi connectivity index (χ2n) is 4.28. The minimum atomic E-state index is 0.0285. The highest BCUT2D eigenvalue weighted by atomic mass is 16.5. The van der Waals surface area contributed by atoms with Crippen molar-refractivity contribution < 1.29 is 9.84 Å². The molecule has 0 aliphatic carbocycles. The molecule has 94 valence electrons.